The number of nitrogens with one attached hydrogen (secondary N) is 2. The summed E-state index contributed by atoms with van der Waals surface area (Å²) in [7, 11) is 0. The molecule has 0 aliphatic carbocycles. The molecule has 0 fully saturated rings. The Labute approximate surface area is 178 Å². The normalized spacial score (nSPS) is 10.9. The molecule has 3 rings (SSSR count). The van der Waals surface area contributed by atoms with Crippen LogP contribution in [0.3, 0.4) is 0 Å². The fraction of sp³-hybridized carbons (Fsp3) is 0.0870. The lowest BCUT2D eigenvalue weighted by Crippen LogP contribution is -2.34. The van der Waals surface area contributed by atoms with E-state index in [0.717, 1.165) is 11.1 Å². The van der Waals surface area contributed by atoms with E-state index in [2.05, 4.69) is 15.6 Å². The fourth-order valence-corrected chi connectivity index (χ4v) is 2.73. The highest BCUT2D eigenvalue weighted by molar-refractivity contribution is 6.05. The van der Waals surface area contributed by atoms with Gasteiger partial charge in [0.2, 0.25) is 0 Å². The molecule has 0 unspecified atom stereocenters. The molecule has 2 aromatic carbocycles. The number of nitro groups is 1. The van der Waals surface area contributed by atoms with Crippen molar-refractivity contribution in [3.63, 3.8) is 0 Å². The number of nitrogens with zero attached hydrogens (tertiary/aromatic N) is 2. The first-order chi connectivity index (χ1) is 14.9. The lowest BCUT2D eigenvalue weighted by atomic mass is 10.1. The SMILES string of the molecule is Cc1ccc(C(=O)N/C(=C/c2cccc([N+](=O)[O-])c2)C(=O)NCc2ccncc2)cc1. The van der Waals surface area contributed by atoms with Crippen LogP contribution in [-0.4, -0.2) is 21.7 Å². The van der Waals surface area contributed by atoms with Gasteiger partial charge >= 0.3 is 0 Å². The molecule has 0 aliphatic rings. The van der Waals surface area contributed by atoms with Crippen molar-refractivity contribution in [3.05, 3.63) is 111 Å². The number of hydrogen-bond donors (Lipinski definition) is 2. The standard InChI is InChI=1S/C23H20N4O4/c1-16-5-7-19(8-6-16)22(28)26-21(14-18-3-2-4-20(13-18)27(30)31)23(29)25-15-17-9-11-24-12-10-17/h2-14H,15H2,1H3,(H,25,29)(H,26,28)/b21-14+. The van der Waals surface area contributed by atoms with Crippen LogP contribution in [0.5, 0.6) is 0 Å². The van der Waals surface area contributed by atoms with Crippen LogP contribution in [-0.2, 0) is 11.3 Å². The number of aryl methyl sites for hydroxylation is 1. The molecule has 1 heterocycles. The van der Waals surface area contributed by atoms with Gasteiger partial charge in [-0.1, -0.05) is 29.8 Å². The summed E-state index contributed by atoms with van der Waals surface area (Å²) in [6.45, 7) is 2.13. The van der Waals surface area contributed by atoms with Gasteiger partial charge in [0.25, 0.3) is 17.5 Å². The Hall–Kier alpha value is -4.33. The summed E-state index contributed by atoms with van der Waals surface area (Å²) in [6.07, 6.45) is 4.63. The highest BCUT2D eigenvalue weighted by Crippen LogP contribution is 2.16. The van der Waals surface area contributed by atoms with Gasteiger partial charge in [0.05, 0.1) is 4.92 Å². The monoisotopic (exact) mass is 416 g/mol. The maximum Gasteiger partial charge on any atom is 0.270 e. The van der Waals surface area contributed by atoms with Gasteiger partial charge in [-0.05, 0) is 48.4 Å². The van der Waals surface area contributed by atoms with E-state index >= 15 is 0 Å². The van der Waals surface area contributed by atoms with Crippen molar-refractivity contribution in [2.75, 3.05) is 0 Å². The molecule has 3 aromatic rings. The minimum Gasteiger partial charge on any atom is -0.347 e. The molecule has 0 spiro atoms. The smallest absolute Gasteiger partial charge is 0.270 e. The van der Waals surface area contributed by atoms with Gasteiger partial charge in [0.15, 0.2) is 0 Å². The van der Waals surface area contributed by atoms with Gasteiger partial charge in [0, 0.05) is 36.6 Å². The van der Waals surface area contributed by atoms with Crippen LogP contribution in [0.15, 0.2) is 78.8 Å². The van der Waals surface area contributed by atoms with Gasteiger partial charge in [-0.15, -0.1) is 0 Å². The maximum atomic E-state index is 12.8. The number of carbonyl (C=O) groups excluding carboxylic acids is 2. The molecule has 0 saturated heterocycles. The summed E-state index contributed by atoms with van der Waals surface area (Å²) in [5, 5.41) is 16.4. The Morgan fingerprint density at radius 1 is 1.06 bits per heavy atom. The molecule has 2 N–H and O–H groups in total. The first-order valence-corrected chi connectivity index (χ1v) is 9.43. The third kappa shape index (κ3) is 6.07. The predicted octanol–water partition coefficient (Wildman–Crippen LogP) is 3.39. The van der Waals surface area contributed by atoms with Gasteiger partial charge in [-0.3, -0.25) is 24.7 Å². The summed E-state index contributed by atoms with van der Waals surface area (Å²) >= 11 is 0. The second-order valence-electron chi connectivity index (χ2n) is 6.77. The Bertz CT molecular complexity index is 1130. The van der Waals surface area contributed by atoms with Crippen LogP contribution in [0, 0.1) is 17.0 Å². The molecular formula is C23H20N4O4. The molecule has 31 heavy (non-hydrogen) atoms. The fourth-order valence-electron chi connectivity index (χ4n) is 2.73. The molecule has 0 atom stereocenters. The molecule has 1 aromatic heterocycles. The lowest BCUT2D eigenvalue weighted by molar-refractivity contribution is -0.384. The lowest BCUT2D eigenvalue weighted by Gasteiger charge is -2.11. The zero-order valence-corrected chi connectivity index (χ0v) is 16.7. The second kappa shape index (κ2) is 9.93. The molecule has 8 heteroatoms. The number of amides is 2. The van der Waals surface area contributed by atoms with Crippen LogP contribution in [0.1, 0.15) is 27.0 Å². The Morgan fingerprint density at radius 2 is 1.77 bits per heavy atom. The molecule has 156 valence electrons. The maximum absolute atomic E-state index is 12.8. The molecule has 2 amide bonds. The summed E-state index contributed by atoms with van der Waals surface area (Å²) in [5.41, 5.74) is 2.49. The van der Waals surface area contributed by atoms with E-state index in [9.17, 15) is 19.7 Å². The van der Waals surface area contributed by atoms with E-state index in [1.807, 2.05) is 6.92 Å². The molecular weight excluding hydrogens is 396 g/mol. The molecule has 8 nitrogen and oxygen atoms in total. The van der Waals surface area contributed by atoms with E-state index in [1.165, 1.54) is 24.3 Å². The zero-order valence-electron chi connectivity index (χ0n) is 16.7. The first-order valence-electron chi connectivity index (χ1n) is 9.43. The van der Waals surface area contributed by atoms with Crippen LogP contribution in [0.2, 0.25) is 0 Å². The number of hydrogen-bond acceptors (Lipinski definition) is 5. The van der Waals surface area contributed by atoms with Gasteiger partial charge in [-0.2, -0.15) is 0 Å². The Morgan fingerprint density at radius 3 is 2.45 bits per heavy atom. The Balaban J connectivity index is 1.86. The zero-order chi connectivity index (χ0) is 22.2. The van der Waals surface area contributed by atoms with Gasteiger partial charge in [0.1, 0.15) is 5.70 Å². The molecule has 0 aliphatic heterocycles. The van der Waals surface area contributed by atoms with Crippen molar-refractivity contribution >= 4 is 23.6 Å². The second-order valence-corrected chi connectivity index (χ2v) is 6.77. The van der Waals surface area contributed by atoms with E-state index in [4.69, 9.17) is 0 Å². The van der Waals surface area contributed by atoms with Crippen LogP contribution < -0.4 is 10.6 Å². The quantitative estimate of drug-likeness (QED) is 0.348. The first kappa shape index (κ1) is 21.4. The number of pyridine rings is 1. The number of non-ortho nitro benzene ring substituents is 1. The highest BCUT2D eigenvalue weighted by atomic mass is 16.6. The van der Waals surface area contributed by atoms with E-state index in [1.54, 1.807) is 54.9 Å². The molecule has 0 radical (unpaired) electrons. The minimum atomic E-state index is -0.524. The van der Waals surface area contributed by atoms with Crippen LogP contribution >= 0.6 is 0 Å². The molecule has 0 saturated carbocycles. The Kier molecular flexibility index (Phi) is 6.85. The van der Waals surface area contributed by atoms with Gasteiger partial charge < -0.3 is 10.6 Å². The number of carbonyl (C=O) groups is 2. The average Bonchev–Trinajstić information content (AvgIpc) is 2.78. The predicted molar refractivity (Wildman–Crippen MR) is 116 cm³/mol. The number of rotatable bonds is 7. The third-order valence-corrected chi connectivity index (χ3v) is 4.40. The van der Waals surface area contributed by atoms with Crippen molar-refractivity contribution in [3.8, 4) is 0 Å². The average molecular weight is 416 g/mol. The van der Waals surface area contributed by atoms with Crippen molar-refractivity contribution in [2.24, 2.45) is 0 Å². The van der Waals surface area contributed by atoms with E-state index < -0.39 is 16.7 Å². The van der Waals surface area contributed by atoms with E-state index in [-0.39, 0.29) is 17.9 Å². The molecule has 0 bridgehead atoms. The van der Waals surface area contributed by atoms with Crippen LogP contribution in [0.4, 0.5) is 5.69 Å². The summed E-state index contributed by atoms with van der Waals surface area (Å²) in [5.74, 6) is -0.987. The summed E-state index contributed by atoms with van der Waals surface area (Å²) < 4.78 is 0. The number of nitro benzene ring substituents is 1. The summed E-state index contributed by atoms with van der Waals surface area (Å²) in [6, 6.07) is 16.2. The van der Waals surface area contributed by atoms with Gasteiger partial charge in [-0.25, -0.2) is 0 Å². The topological polar surface area (TPSA) is 114 Å². The largest absolute Gasteiger partial charge is 0.347 e. The van der Waals surface area contributed by atoms with Crippen molar-refractivity contribution < 1.29 is 14.5 Å². The highest BCUT2D eigenvalue weighted by Gasteiger charge is 2.15. The van der Waals surface area contributed by atoms with Crippen molar-refractivity contribution in [2.45, 2.75) is 13.5 Å². The van der Waals surface area contributed by atoms with Crippen molar-refractivity contribution in [1.29, 1.82) is 0 Å². The summed E-state index contributed by atoms with van der Waals surface area (Å²) in [4.78, 5) is 39.9. The third-order valence-electron chi connectivity index (χ3n) is 4.40. The van der Waals surface area contributed by atoms with Crippen LogP contribution in [0.25, 0.3) is 6.08 Å². The van der Waals surface area contributed by atoms with Crippen molar-refractivity contribution in [1.82, 2.24) is 15.6 Å². The minimum absolute atomic E-state index is 0.0277. The van der Waals surface area contributed by atoms with E-state index in [0.29, 0.717) is 11.1 Å². The number of aromatic nitrogens is 1. The number of benzene rings is 2.